The Labute approximate surface area is 171 Å². The second kappa shape index (κ2) is 8.80. The third kappa shape index (κ3) is 4.36. The number of aromatic nitrogens is 1. The molecule has 0 bridgehead atoms. The lowest BCUT2D eigenvalue weighted by molar-refractivity contribution is -0.125. The maximum Gasteiger partial charge on any atom is 0.209 e. The van der Waals surface area contributed by atoms with E-state index in [0.717, 1.165) is 49.2 Å². The zero-order chi connectivity index (χ0) is 20.2. The summed E-state index contributed by atoms with van der Waals surface area (Å²) in [5.74, 6) is -1.14. The van der Waals surface area contributed by atoms with Crippen molar-refractivity contribution in [2.24, 2.45) is 0 Å². The van der Waals surface area contributed by atoms with Crippen LogP contribution in [0.15, 0.2) is 53.9 Å². The van der Waals surface area contributed by atoms with Gasteiger partial charge in [-0.3, -0.25) is 9.69 Å². The highest BCUT2D eigenvalue weighted by Gasteiger charge is 2.33. The molecule has 4 rings (SSSR count). The Morgan fingerprint density at radius 2 is 1.97 bits per heavy atom. The number of thiazole rings is 1. The number of hydrogen-bond donors (Lipinski definition) is 0. The summed E-state index contributed by atoms with van der Waals surface area (Å²) in [6.07, 6.45) is 2.96. The number of para-hydroxylation sites is 1. The molecule has 1 unspecified atom stereocenters. The predicted molar refractivity (Wildman–Crippen MR) is 108 cm³/mol. The smallest absolute Gasteiger partial charge is 0.209 e. The molecular formula is C22H20F2N2O2S. The Hall–Kier alpha value is -2.64. The lowest BCUT2D eigenvalue weighted by Gasteiger charge is -2.37. The van der Waals surface area contributed by atoms with Crippen molar-refractivity contribution in [3.8, 4) is 17.0 Å². The van der Waals surface area contributed by atoms with Crippen molar-refractivity contribution in [2.75, 3.05) is 6.54 Å². The van der Waals surface area contributed by atoms with Gasteiger partial charge in [0.2, 0.25) is 6.23 Å². The summed E-state index contributed by atoms with van der Waals surface area (Å²) in [5, 5.41) is 2.68. The molecule has 0 N–H and O–H groups in total. The van der Waals surface area contributed by atoms with Gasteiger partial charge in [0, 0.05) is 17.5 Å². The molecule has 4 nitrogen and oxygen atoms in total. The largest absolute Gasteiger partial charge is 0.468 e. The van der Waals surface area contributed by atoms with Gasteiger partial charge in [0.25, 0.3) is 0 Å². The first kappa shape index (κ1) is 19.7. The lowest BCUT2D eigenvalue weighted by Crippen LogP contribution is -2.45. The number of likely N-dealkylation sites (tertiary alicyclic amines) is 1. The Kier molecular flexibility index (Phi) is 5.97. The molecule has 29 heavy (non-hydrogen) atoms. The molecule has 2 heterocycles. The molecule has 2 aromatic carbocycles. The topological polar surface area (TPSA) is 42.4 Å². The van der Waals surface area contributed by atoms with E-state index in [-0.39, 0.29) is 6.04 Å². The summed E-state index contributed by atoms with van der Waals surface area (Å²) < 4.78 is 32.7. The number of carbonyl (C=O) groups is 1. The summed E-state index contributed by atoms with van der Waals surface area (Å²) in [5.41, 5.74) is 1.13. The normalized spacial score (nSPS) is 18.3. The first-order chi connectivity index (χ1) is 14.2. The molecule has 3 aromatic rings. The molecule has 0 aliphatic carbocycles. The summed E-state index contributed by atoms with van der Waals surface area (Å²) in [7, 11) is 0. The van der Waals surface area contributed by atoms with Crippen LogP contribution in [-0.4, -0.2) is 28.9 Å². The molecule has 0 radical (unpaired) electrons. The van der Waals surface area contributed by atoms with Crippen LogP contribution in [0.1, 0.15) is 30.3 Å². The molecule has 0 amide bonds. The minimum Gasteiger partial charge on any atom is -0.468 e. The van der Waals surface area contributed by atoms with Crippen LogP contribution in [0.5, 0.6) is 5.75 Å². The first-order valence-electron chi connectivity index (χ1n) is 9.49. The molecule has 0 spiro atoms. The number of carbonyl (C=O) groups excluding carboxylic acids is 1. The van der Waals surface area contributed by atoms with Gasteiger partial charge in [0.15, 0.2) is 17.9 Å². The van der Waals surface area contributed by atoms with E-state index in [1.165, 1.54) is 17.4 Å². The third-order valence-corrected chi connectivity index (χ3v) is 5.96. The highest BCUT2D eigenvalue weighted by atomic mass is 32.1. The Morgan fingerprint density at radius 3 is 2.72 bits per heavy atom. The molecule has 1 aliphatic heterocycles. The van der Waals surface area contributed by atoms with Gasteiger partial charge in [-0.25, -0.2) is 13.8 Å². The van der Waals surface area contributed by atoms with Crippen LogP contribution >= 0.6 is 11.3 Å². The number of aldehydes is 1. The van der Waals surface area contributed by atoms with Crippen molar-refractivity contribution in [1.29, 1.82) is 0 Å². The molecule has 150 valence electrons. The summed E-state index contributed by atoms with van der Waals surface area (Å²) in [6, 6.07) is 13.0. The van der Waals surface area contributed by atoms with Crippen LogP contribution in [-0.2, 0) is 4.79 Å². The number of ether oxygens (including phenoxy) is 1. The average molecular weight is 414 g/mol. The maximum absolute atomic E-state index is 13.6. The maximum atomic E-state index is 13.6. The number of benzene rings is 2. The average Bonchev–Trinajstić information content (AvgIpc) is 3.25. The highest BCUT2D eigenvalue weighted by Crippen LogP contribution is 2.36. The van der Waals surface area contributed by atoms with E-state index in [1.807, 2.05) is 40.6 Å². The Morgan fingerprint density at radius 1 is 1.14 bits per heavy atom. The fourth-order valence-electron chi connectivity index (χ4n) is 3.56. The van der Waals surface area contributed by atoms with Crippen LogP contribution in [0.4, 0.5) is 8.78 Å². The van der Waals surface area contributed by atoms with E-state index < -0.39 is 17.9 Å². The van der Waals surface area contributed by atoms with Crippen LogP contribution in [0, 0.1) is 11.6 Å². The first-order valence-corrected chi connectivity index (χ1v) is 10.4. The van der Waals surface area contributed by atoms with Gasteiger partial charge < -0.3 is 4.74 Å². The standard InChI is InChI=1S/C22H20F2N2O2S/c23-17-10-9-15(12-18(17)24)19-14-29-22(25-19)20-8-4-5-11-26(20)21(13-27)28-16-6-2-1-3-7-16/h1-3,6-7,9-10,12-14,20-21H,4-5,8,11H2/t20-,21?/m1/s1. The quantitative estimate of drug-likeness (QED) is 0.519. The molecule has 1 aromatic heterocycles. The van der Waals surface area contributed by atoms with Gasteiger partial charge in [-0.05, 0) is 43.2 Å². The van der Waals surface area contributed by atoms with Crippen LogP contribution in [0.3, 0.4) is 0 Å². The fourth-order valence-corrected chi connectivity index (χ4v) is 4.55. The van der Waals surface area contributed by atoms with Gasteiger partial charge in [-0.2, -0.15) is 0 Å². The Bertz CT molecular complexity index is 980. The second-order valence-corrected chi connectivity index (χ2v) is 7.80. The van der Waals surface area contributed by atoms with E-state index in [2.05, 4.69) is 4.98 Å². The minimum absolute atomic E-state index is 0.0632. The number of halogens is 2. The van der Waals surface area contributed by atoms with Crippen molar-refractivity contribution < 1.29 is 18.3 Å². The molecule has 1 fully saturated rings. The number of rotatable bonds is 6. The molecule has 1 aliphatic rings. The fraction of sp³-hybridized carbons (Fsp3) is 0.273. The molecule has 1 saturated heterocycles. The predicted octanol–water partition coefficient (Wildman–Crippen LogP) is 5.22. The van der Waals surface area contributed by atoms with Gasteiger partial charge in [-0.1, -0.05) is 24.6 Å². The number of nitrogens with zero attached hydrogens (tertiary/aromatic N) is 2. The third-order valence-electron chi connectivity index (χ3n) is 5.01. The van der Waals surface area contributed by atoms with E-state index in [0.29, 0.717) is 17.0 Å². The van der Waals surface area contributed by atoms with Crippen LogP contribution in [0.25, 0.3) is 11.3 Å². The monoisotopic (exact) mass is 414 g/mol. The molecule has 2 atom stereocenters. The molecule has 7 heteroatoms. The van der Waals surface area contributed by atoms with Crippen molar-refractivity contribution in [2.45, 2.75) is 31.5 Å². The van der Waals surface area contributed by atoms with Gasteiger partial charge in [0.1, 0.15) is 10.8 Å². The van der Waals surface area contributed by atoms with Crippen molar-refractivity contribution >= 4 is 17.6 Å². The minimum atomic E-state index is -0.895. The SMILES string of the molecule is O=CC(Oc1ccccc1)N1CCCC[C@@H]1c1nc(-c2ccc(F)c(F)c2)cs1. The zero-order valence-electron chi connectivity index (χ0n) is 15.6. The highest BCUT2D eigenvalue weighted by molar-refractivity contribution is 7.10. The van der Waals surface area contributed by atoms with Crippen LogP contribution in [0.2, 0.25) is 0 Å². The van der Waals surface area contributed by atoms with Crippen molar-refractivity contribution in [1.82, 2.24) is 9.88 Å². The summed E-state index contributed by atoms with van der Waals surface area (Å²) >= 11 is 1.46. The lowest BCUT2D eigenvalue weighted by atomic mass is 10.0. The van der Waals surface area contributed by atoms with Gasteiger partial charge in [0.05, 0.1) is 11.7 Å². The number of piperidine rings is 1. The molecule has 0 saturated carbocycles. The van der Waals surface area contributed by atoms with E-state index in [4.69, 9.17) is 4.74 Å². The summed E-state index contributed by atoms with van der Waals surface area (Å²) in [6.45, 7) is 0.723. The van der Waals surface area contributed by atoms with E-state index in [9.17, 15) is 13.6 Å². The van der Waals surface area contributed by atoms with E-state index >= 15 is 0 Å². The van der Waals surface area contributed by atoms with Gasteiger partial charge in [-0.15, -0.1) is 11.3 Å². The Balaban J connectivity index is 1.58. The van der Waals surface area contributed by atoms with E-state index in [1.54, 1.807) is 0 Å². The van der Waals surface area contributed by atoms with Crippen molar-refractivity contribution in [3.63, 3.8) is 0 Å². The number of hydrogen-bond acceptors (Lipinski definition) is 5. The van der Waals surface area contributed by atoms with Gasteiger partial charge >= 0.3 is 0 Å². The van der Waals surface area contributed by atoms with Crippen LogP contribution < -0.4 is 4.74 Å². The molecular weight excluding hydrogens is 394 g/mol. The van der Waals surface area contributed by atoms with Crippen molar-refractivity contribution in [3.05, 3.63) is 70.6 Å². The second-order valence-electron chi connectivity index (χ2n) is 6.91. The summed E-state index contributed by atoms with van der Waals surface area (Å²) in [4.78, 5) is 18.5. The zero-order valence-corrected chi connectivity index (χ0v) is 16.4.